The molecule has 1 aromatic heterocycles. The number of carboxylic acids is 1. The number of nitrogens with zero attached hydrogens (tertiary/aromatic N) is 3. The first kappa shape index (κ1) is 27.1. The van der Waals surface area contributed by atoms with Crippen LogP contribution in [0.1, 0.15) is 37.5 Å². The highest BCUT2D eigenvalue weighted by Gasteiger charge is 2.37. The van der Waals surface area contributed by atoms with E-state index in [4.69, 9.17) is 4.52 Å². The zero-order valence-corrected chi connectivity index (χ0v) is 21.5. The van der Waals surface area contributed by atoms with Crippen LogP contribution < -0.4 is 0 Å². The van der Waals surface area contributed by atoms with E-state index < -0.39 is 23.2 Å². The van der Waals surface area contributed by atoms with Crippen molar-refractivity contribution in [2.45, 2.75) is 46.0 Å². The Kier molecular flexibility index (Phi) is 7.42. The Bertz CT molecular complexity index is 1430. The first-order chi connectivity index (χ1) is 17.9. The molecular formula is C29H28F3N3O3. The second-order valence-electron chi connectivity index (χ2n) is 9.52. The lowest BCUT2D eigenvalue weighted by atomic mass is 9.92. The van der Waals surface area contributed by atoms with E-state index >= 15 is 0 Å². The third-order valence-corrected chi connectivity index (χ3v) is 6.77. The van der Waals surface area contributed by atoms with Crippen molar-refractivity contribution in [1.29, 1.82) is 0 Å². The molecule has 1 N–H and O–H groups in total. The number of benzene rings is 3. The molecule has 0 unspecified atom stereocenters. The molecule has 0 aliphatic heterocycles. The van der Waals surface area contributed by atoms with Crippen molar-refractivity contribution in [3.8, 4) is 34.0 Å². The van der Waals surface area contributed by atoms with E-state index in [-0.39, 0.29) is 28.4 Å². The van der Waals surface area contributed by atoms with Crippen LogP contribution in [0.4, 0.5) is 13.2 Å². The van der Waals surface area contributed by atoms with E-state index in [0.717, 1.165) is 5.56 Å². The molecule has 1 heterocycles. The average Bonchev–Trinajstić information content (AvgIpc) is 3.37. The Morgan fingerprint density at radius 2 is 1.58 bits per heavy atom. The quantitative estimate of drug-likeness (QED) is 0.266. The SMILES string of the molecule is CCN(Cc1ccc(-c2noc(-c3ccc(-c4ccccc4)c(C(F)(F)F)c3C)n2)cc1)C(C)(C)C(=O)O. The molecule has 0 saturated carbocycles. The van der Waals surface area contributed by atoms with Crippen LogP contribution in [0.3, 0.4) is 0 Å². The van der Waals surface area contributed by atoms with Gasteiger partial charge in [0.15, 0.2) is 0 Å². The van der Waals surface area contributed by atoms with Gasteiger partial charge in [0.05, 0.1) is 5.56 Å². The van der Waals surface area contributed by atoms with Gasteiger partial charge in [-0.25, -0.2) is 0 Å². The Morgan fingerprint density at radius 1 is 0.947 bits per heavy atom. The second-order valence-corrected chi connectivity index (χ2v) is 9.52. The molecule has 4 aromatic rings. The number of rotatable bonds is 8. The maximum Gasteiger partial charge on any atom is 0.417 e. The van der Waals surface area contributed by atoms with E-state index in [0.29, 0.717) is 24.2 Å². The highest BCUT2D eigenvalue weighted by Crippen LogP contribution is 2.42. The van der Waals surface area contributed by atoms with Crippen LogP contribution >= 0.6 is 0 Å². The van der Waals surface area contributed by atoms with Crippen molar-refractivity contribution in [2.75, 3.05) is 6.54 Å². The van der Waals surface area contributed by atoms with Crippen LogP contribution in [0.15, 0.2) is 71.3 Å². The summed E-state index contributed by atoms with van der Waals surface area (Å²) < 4.78 is 47.8. The average molecular weight is 524 g/mol. The third kappa shape index (κ3) is 5.33. The molecule has 6 nitrogen and oxygen atoms in total. The smallest absolute Gasteiger partial charge is 0.417 e. The lowest BCUT2D eigenvalue weighted by Crippen LogP contribution is -2.49. The van der Waals surface area contributed by atoms with Gasteiger partial charge in [-0.2, -0.15) is 18.2 Å². The van der Waals surface area contributed by atoms with Crippen molar-refractivity contribution in [1.82, 2.24) is 15.0 Å². The molecule has 0 aliphatic rings. The fourth-order valence-electron chi connectivity index (χ4n) is 4.44. The van der Waals surface area contributed by atoms with Gasteiger partial charge in [0.1, 0.15) is 5.54 Å². The predicted octanol–water partition coefficient (Wildman–Crippen LogP) is 7.08. The molecule has 0 fully saturated rings. The Labute approximate surface area is 218 Å². The van der Waals surface area contributed by atoms with E-state index in [1.807, 2.05) is 24.0 Å². The largest absolute Gasteiger partial charge is 0.480 e. The van der Waals surface area contributed by atoms with Gasteiger partial charge < -0.3 is 9.63 Å². The summed E-state index contributed by atoms with van der Waals surface area (Å²) in [6, 6.07) is 18.6. The lowest BCUT2D eigenvalue weighted by Gasteiger charge is -2.34. The van der Waals surface area contributed by atoms with Crippen molar-refractivity contribution in [3.05, 3.63) is 83.4 Å². The molecule has 38 heavy (non-hydrogen) atoms. The molecule has 0 bridgehead atoms. The van der Waals surface area contributed by atoms with Gasteiger partial charge >= 0.3 is 12.1 Å². The second kappa shape index (κ2) is 10.4. The summed E-state index contributed by atoms with van der Waals surface area (Å²) >= 11 is 0. The number of aromatic nitrogens is 2. The molecule has 0 amide bonds. The van der Waals surface area contributed by atoms with Crippen LogP contribution in [0, 0.1) is 6.92 Å². The van der Waals surface area contributed by atoms with Crippen LogP contribution in [-0.4, -0.2) is 38.2 Å². The minimum Gasteiger partial charge on any atom is -0.480 e. The van der Waals surface area contributed by atoms with Gasteiger partial charge in [-0.05, 0) is 55.6 Å². The molecule has 3 aromatic carbocycles. The molecule has 0 radical (unpaired) electrons. The van der Waals surface area contributed by atoms with Crippen LogP contribution in [0.5, 0.6) is 0 Å². The standard InChI is InChI=1S/C29H28F3N3O3/c1-5-35(28(3,4)27(36)37)17-19-11-13-21(14-12-19)25-33-26(38-34-25)22-15-16-23(20-9-7-6-8-10-20)24(18(22)2)29(30,31)32/h6-16H,5,17H2,1-4H3,(H,36,37). The molecule has 4 rings (SSSR count). The first-order valence-electron chi connectivity index (χ1n) is 12.1. The molecule has 9 heteroatoms. The number of carboxylic acid groups (broad SMARTS) is 1. The van der Waals surface area contributed by atoms with Gasteiger partial charge in [-0.3, -0.25) is 9.69 Å². The van der Waals surface area contributed by atoms with Gasteiger partial charge in [0.25, 0.3) is 5.89 Å². The molecule has 0 saturated heterocycles. The van der Waals surface area contributed by atoms with E-state index in [1.165, 1.54) is 13.0 Å². The zero-order chi connectivity index (χ0) is 27.7. The first-order valence-corrected chi connectivity index (χ1v) is 12.1. The molecule has 0 spiro atoms. The van der Waals surface area contributed by atoms with Gasteiger partial charge in [-0.15, -0.1) is 0 Å². The molecular weight excluding hydrogens is 495 g/mol. The summed E-state index contributed by atoms with van der Waals surface area (Å²) in [7, 11) is 0. The predicted molar refractivity (Wildman–Crippen MR) is 138 cm³/mol. The summed E-state index contributed by atoms with van der Waals surface area (Å²) in [6.45, 7) is 7.61. The maximum atomic E-state index is 14.1. The molecule has 198 valence electrons. The summed E-state index contributed by atoms with van der Waals surface area (Å²) in [5.74, 6) is -0.673. The number of aliphatic carboxylic acids is 1. The van der Waals surface area contributed by atoms with Crippen LogP contribution in [0.25, 0.3) is 34.0 Å². The van der Waals surface area contributed by atoms with Gasteiger partial charge in [0.2, 0.25) is 5.82 Å². The zero-order valence-electron chi connectivity index (χ0n) is 21.5. The van der Waals surface area contributed by atoms with Crippen LogP contribution in [0.2, 0.25) is 0 Å². The summed E-state index contributed by atoms with van der Waals surface area (Å²) in [5, 5.41) is 13.5. The fraction of sp³-hybridized carbons (Fsp3) is 0.276. The number of alkyl halides is 3. The Hall–Kier alpha value is -3.98. The normalized spacial score (nSPS) is 12.2. The fourth-order valence-corrected chi connectivity index (χ4v) is 4.44. The van der Waals surface area contributed by atoms with Crippen molar-refractivity contribution in [3.63, 3.8) is 0 Å². The number of hydrogen-bond donors (Lipinski definition) is 1. The maximum absolute atomic E-state index is 14.1. The van der Waals surface area contributed by atoms with Gasteiger partial charge in [0, 0.05) is 17.7 Å². The summed E-state index contributed by atoms with van der Waals surface area (Å²) in [6.07, 6.45) is -4.58. The molecule has 0 atom stereocenters. The van der Waals surface area contributed by atoms with E-state index in [2.05, 4.69) is 10.1 Å². The van der Waals surface area contributed by atoms with Crippen molar-refractivity contribution < 1.29 is 27.6 Å². The highest BCUT2D eigenvalue weighted by molar-refractivity contribution is 5.78. The minimum absolute atomic E-state index is 0.00473. The third-order valence-electron chi connectivity index (χ3n) is 6.77. The highest BCUT2D eigenvalue weighted by atomic mass is 19.4. The summed E-state index contributed by atoms with van der Waals surface area (Å²) in [4.78, 5) is 17.8. The van der Waals surface area contributed by atoms with Crippen molar-refractivity contribution in [2.24, 2.45) is 0 Å². The number of carbonyl (C=O) groups is 1. The lowest BCUT2D eigenvalue weighted by molar-refractivity contribution is -0.149. The number of halogens is 3. The van der Waals surface area contributed by atoms with Crippen molar-refractivity contribution >= 4 is 5.97 Å². The Balaban J connectivity index is 1.63. The minimum atomic E-state index is -4.58. The number of hydrogen-bond acceptors (Lipinski definition) is 5. The molecule has 0 aliphatic carbocycles. The van der Waals surface area contributed by atoms with Crippen LogP contribution in [-0.2, 0) is 17.5 Å². The van der Waals surface area contributed by atoms with Gasteiger partial charge in [-0.1, -0.05) is 72.7 Å². The Morgan fingerprint density at radius 3 is 2.16 bits per heavy atom. The topological polar surface area (TPSA) is 79.5 Å². The summed E-state index contributed by atoms with van der Waals surface area (Å²) in [5.41, 5.74) is 0.520. The number of likely N-dealkylation sites (N-methyl/N-ethyl adjacent to an activating group) is 1. The monoisotopic (exact) mass is 523 g/mol. The van der Waals surface area contributed by atoms with E-state index in [9.17, 15) is 23.1 Å². The van der Waals surface area contributed by atoms with E-state index in [1.54, 1.807) is 62.4 Å².